The molecule has 3 heterocycles. The van der Waals surface area contributed by atoms with Gasteiger partial charge in [0.1, 0.15) is 5.82 Å². The summed E-state index contributed by atoms with van der Waals surface area (Å²) in [5, 5.41) is 15.0. The molecule has 0 bridgehead atoms. The lowest BCUT2D eigenvalue weighted by Crippen LogP contribution is -2.47. The molecule has 6 nitrogen and oxygen atoms in total. The number of aryl methyl sites for hydroxylation is 1. The minimum absolute atomic E-state index is 0. The molecule has 2 aliphatic heterocycles. The van der Waals surface area contributed by atoms with Crippen LogP contribution in [-0.2, 0) is 24.3 Å². The van der Waals surface area contributed by atoms with Gasteiger partial charge in [-0.1, -0.05) is 12.8 Å². The third kappa shape index (κ3) is 3.08. The van der Waals surface area contributed by atoms with E-state index >= 15 is 0 Å². The Labute approximate surface area is 149 Å². The lowest BCUT2D eigenvalue weighted by Gasteiger charge is -2.37. The predicted molar refractivity (Wildman–Crippen MR) is 91.9 cm³/mol. The van der Waals surface area contributed by atoms with Crippen molar-refractivity contribution >= 4 is 30.7 Å². The maximum Gasteiger partial charge on any atom is 0.228 e. The van der Waals surface area contributed by atoms with E-state index in [4.69, 9.17) is 0 Å². The number of halogens is 2. The first-order chi connectivity index (χ1) is 10.3. The molecule has 2 N–H and O–H groups in total. The standard InChI is InChI=1S/C15H23N5O.2ClH/c21-14(15-6-2-1-4-11(15)8-16-10-15)17-9-13-19-18-12-5-3-7-20(12)13;;/h11,16H,1-10H2,(H,17,21);2*1H/t11-,15+;;/m0../s1. The lowest BCUT2D eigenvalue weighted by molar-refractivity contribution is -0.134. The molecule has 0 spiro atoms. The van der Waals surface area contributed by atoms with E-state index in [0.717, 1.165) is 50.5 Å². The van der Waals surface area contributed by atoms with Crippen LogP contribution >= 0.6 is 24.8 Å². The van der Waals surface area contributed by atoms with Crippen LogP contribution in [-0.4, -0.2) is 33.8 Å². The Kier molecular flexibility index (Phi) is 5.92. The second kappa shape index (κ2) is 7.36. The quantitative estimate of drug-likeness (QED) is 0.854. The molecule has 1 amide bonds. The zero-order chi connectivity index (χ0) is 14.3. The highest BCUT2D eigenvalue weighted by molar-refractivity contribution is 5.85. The van der Waals surface area contributed by atoms with Crippen LogP contribution < -0.4 is 10.6 Å². The van der Waals surface area contributed by atoms with E-state index in [2.05, 4.69) is 25.4 Å². The molecule has 3 aliphatic rings. The Bertz CT molecular complexity index is 564. The van der Waals surface area contributed by atoms with Gasteiger partial charge >= 0.3 is 0 Å². The molecular formula is C15H25Cl2N5O. The summed E-state index contributed by atoms with van der Waals surface area (Å²) in [5.41, 5.74) is -0.174. The molecule has 4 rings (SSSR count). The highest BCUT2D eigenvalue weighted by atomic mass is 35.5. The average Bonchev–Trinajstić information content (AvgIpc) is 3.20. The molecule has 1 saturated heterocycles. The molecule has 23 heavy (non-hydrogen) atoms. The zero-order valence-corrected chi connectivity index (χ0v) is 14.8. The second-order valence-electron chi connectivity index (χ2n) is 6.70. The van der Waals surface area contributed by atoms with Crippen molar-refractivity contribution in [2.24, 2.45) is 11.3 Å². The number of carbonyl (C=O) groups excluding carboxylic acids is 1. The van der Waals surface area contributed by atoms with Gasteiger partial charge in [0.25, 0.3) is 0 Å². The first-order valence-corrected chi connectivity index (χ1v) is 8.19. The van der Waals surface area contributed by atoms with Crippen LogP contribution in [0.3, 0.4) is 0 Å². The van der Waals surface area contributed by atoms with Crippen LogP contribution in [0.25, 0.3) is 0 Å². The topological polar surface area (TPSA) is 71.8 Å². The van der Waals surface area contributed by atoms with E-state index in [1.807, 2.05) is 0 Å². The average molecular weight is 362 g/mol. The number of fused-ring (bicyclic) bond motifs is 2. The highest BCUT2D eigenvalue weighted by Gasteiger charge is 2.49. The summed E-state index contributed by atoms with van der Waals surface area (Å²) in [6.45, 7) is 3.33. The van der Waals surface area contributed by atoms with Crippen molar-refractivity contribution in [3.8, 4) is 0 Å². The van der Waals surface area contributed by atoms with Crippen LogP contribution in [0.2, 0.25) is 0 Å². The van der Waals surface area contributed by atoms with Crippen molar-refractivity contribution in [3.63, 3.8) is 0 Å². The van der Waals surface area contributed by atoms with Crippen molar-refractivity contribution in [1.82, 2.24) is 25.4 Å². The normalized spacial score (nSPS) is 28.3. The van der Waals surface area contributed by atoms with Crippen LogP contribution in [0.15, 0.2) is 0 Å². The molecule has 1 aromatic rings. The molecule has 2 atom stereocenters. The molecule has 0 radical (unpaired) electrons. The van der Waals surface area contributed by atoms with Gasteiger partial charge in [0.05, 0.1) is 12.0 Å². The largest absolute Gasteiger partial charge is 0.348 e. The Balaban J connectivity index is 0.000000960. The summed E-state index contributed by atoms with van der Waals surface area (Å²) in [5.74, 6) is 2.70. The number of nitrogens with one attached hydrogen (secondary N) is 2. The van der Waals surface area contributed by atoms with Gasteiger partial charge in [-0.15, -0.1) is 35.0 Å². The van der Waals surface area contributed by atoms with E-state index in [-0.39, 0.29) is 36.1 Å². The first-order valence-electron chi connectivity index (χ1n) is 8.19. The van der Waals surface area contributed by atoms with Crippen molar-refractivity contribution in [1.29, 1.82) is 0 Å². The molecular weight excluding hydrogens is 337 g/mol. The van der Waals surface area contributed by atoms with Crippen molar-refractivity contribution < 1.29 is 4.79 Å². The summed E-state index contributed by atoms with van der Waals surface area (Å²) in [7, 11) is 0. The molecule has 1 aromatic heterocycles. The maximum absolute atomic E-state index is 12.8. The van der Waals surface area contributed by atoms with Gasteiger partial charge in [0, 0.05) is 19.5 Å². The predicted octanol–water partition coefficient (Wildman–Crippen LogP) is 1.46. The number of amides is 1. The molecule has 0 unspecified atom stereocenters. The van der Waals surface area contributed by atoms with Crippen LogP contribution in [0.4, 0.5) is 0 Å². The number of rotatable bonds is 3. The smallest absolute Gasteiger partial charge is 0.228 e. The number of hydrogen-bond acceptors (Lipinski definition) is 4. The van der Waals surface area contributed by atoms with Crippen molar-refractivity contribution in [3.05, 3.63) is 11.6 Å². The summed E-state index contributed by atoms with van der Waals surface area (Å²) in [6, 6.07) is 0. The summed E-state index contributed by atoms with van der Waals surface area (Å²) >= 11 is 0. The van der Waals surface area contributed by atoms with Gasteiger partial charge in [-0.05, 0) is 31.7 Å². The van der Waals surface area contributed by atoms with Crippen LogP contribution in [0.5, 0.6) is 0 Å². The number of hydrogen-bond donors (Lipinski definition) is 2. The van der Waals surface area contributed by atoms with Gasteiger partial charge in [-0.3, -0.25) is 4.79 Å². The highest BCUT2D eigenvalue weighted by Crippen LogP contribution is 2.43. The maximum atomic E-state index is 12.8. The fourth-order valence-corrected chi connectivity index (χ4v) is 4.37. The Morgan fingerprint density at radius 3 is 3.04 bits per heavy atom. The van der Waals surface area contributed by atoms with E-state index in [1.54, 1.807) is 0 Å². The van der Waals surface area contributed by atoms with Gasteiger partial charge in [-0.2, -0.15) is 0 Å². The third-order valence-corrected chi connectivity index (χ3v) is 5.58. The fraction of sp³-hybridized carbons (Fsp3) is 0.800. The minimum atomic E-state index is -0.174. The van der Waals surface area contributed by atoms with E-state index < -0.39 is 0 Å². The molecule has 2 fully saturated rings. The second-order valence-corrected chi connectivity index (χ2v) is 6.70. The summed E-state index contributed by atoms with van der Waals surface area (Å²) < 4.78 is 2.16. The van der Waals surface area contributed by atoms with Gasteiger partial charge in [0.15, 0.2) is 5.82 Å². The van der Waals surface area contributed by atoms with Crippen molar-refractivity contribution in [2.75, 3.05) is 13.1 Å². The molecule has 0 aromatic carbocycles. The molecule has 8 heteroatoms. The number of aromatic nitrogens is 3. The first kappa shape index (κ1) is 18.5. The summed E-state index contributed by atoms with van der Waals surface area (Å²) in [4.78, 5) is 12.8. The minimum Gasteiger partial charge on any atom is -0.348 e. The zero-order valence-electron chi connectivity index (χ0n) is 13.2. The number of nitrogens with zero attached hydrogens (tertiary/aromatic N) is 3. The van der Waals surface area contributed by atoms with Gasteiger partial charge in [0.2, 0.25) is 5.91 Å². The van der Waals surface area contributed by atoms with E-state index in [9.17, 15) is 4.79 Å². The Morgan fingerprint density at radius 2 is 2.17 bits per heavy atom. The summed E-state index contributed by atoms with van der Waals surface area (Å²) in [6.07, 6.45) is 6.79. The Hall–Kier alpha value is -0.850. The van der Waals surface area contributed by atoms with Crippen LogP contribution in [0, 0.1) is 11.3 Å². The fourth-order valence-electron chi connectivity index (χ4n) is 4.37. The molecule has 1 saturated carbocycles. The van der Waals surface area contributed by atoms with E-state index in [0.29, 0.717) is 12.5 Å². The van der Waals surface area contributed by atoms with Crippen LogP contribution in [0.1, 0.15) is 43.8 Å². The van der Waals surface area contributed by atoms with Gasteiger partial charge < -0.3 is 15.2 Å². The van der Waals surface area contributed by atoms with Crippen molar-refractivity contribution in [2.45, 2.75) is 51.6 Å². The monoisotopic (exact) mass is 361 g/mol. The van der Waals surface area contributed by atoms with Gasteiger partial charge in [-0.25, -0.2) is 0 Å². The number of carbonyl (C=O) groups is 1. The molecule has 130 valence electrons. The SMILES string of the molecule is Cl.Cl.O=C(NCc1nnc2n1CCC2)[C@@]12CCCC[C@H]1CNC2. The lowest BCUT2D eigenvalue weighted by atomic mass is 9.67. The van der Waals surface area contributed by atoms with E-state index in [1.165, 1.54) is 19.3 Å². The molecule has 1 aliphatic carbocycles. The Morgan fingerprint density at radius 1 is 1.30 bits per heavy atom. The third-order valence-electron chi connectivity index (χ3n) is 5.58.